The van der Waals surface area contributed by atoms with Crippen LogP contribution in [0.4, 0.5) is 0 Å². The minimum atomic E-state index is -0.534. The van der Waals surface area contributed by atoms with Crippen LogP contribution in [0.25, 0.3) is 0 Å². The lowest BCUT2D eigenvalue weighted by atomic mass is 9.53. The van der Waals surface area contributed by atoms with Crippen LogP contribution < -0.4 is 15.8 Å². The number of hydrogen-bond donors (Lipinski definition) is 2. The molecule has 0 saturated heterocycles. The molecule has 152 valence electrons. The molecule has 2 amide bonds. The van der Waals surface area contributed by atoms with E-state index < -0.39 is 5.91 Å². The van der Waals surface area contributed by atoms with Crippen LogP contribution in [0.1, 0.15) is 71.0 Å². The maximum atomic E-state index is 12.6. The number of hydrogen-bond acceptors (Lipinski definition) is 5. The topological polar surface area (TPSA) is 112 Å². The van der Waals surface area contributed by atoms with E-state index in [0.29, 0.717) is 23.1 Å². The fourth-order valence-corrected chi connectivity index (χ4v) is 4.78. The van der Waals surface area contributed by atoms with Crippen LogP contribution >= 0.6 is 0 Å². The minimum absolute atomic E-state index is 0.0397. The summed E-state index contributed by atoms with van der Waals surface area (Å²) in [6, 6.07) is 5.42. The van der Waals surface area contributed by atoms with E-state index in [-0.39, 0.29) is 23.5 Å². The third-order valence-corrected chi connectivity index (χ3v) is 6.46. The predicted molar refractivity (Wildman–Crippen MR) is 105 cm³/mol. The lowest BCUT2D eigenvalue weighted by Gasteiger charge is -2.57. The van der Waals surface area contributed by atoms with E-state index >= 15 is 0 Å². The normalized spacial score (nSPS) is 27.8. The number of primary amides is 1. The molecule has 3 fully saturated rings. The first-order valence-electron chi connectivity index (χ1n) is 10.2. The van der Waals surface area contributed by atoms with Gasteiger partial charge < -0.3 is 15.8 Å². The Labute approximate surface area is 168 Å². The molecule has 0 atom stereocenters. The van der Waals surface area contributed by atoms with Gasteiger partial charge in [-0.1, -0.05) is 0 Å². The molecule has 1 spiro atoms. The van der Waals surface area contributed by atoms with E-state index in [0.717, 1.165) is 31.4 Å². The maximum Gasteiger partial charge on any atom is 0.269 e. The molecule has 0 radical (unpaired) electrons. The van der Waals surface area contributed by atoms with Crippen LogP contribution in [0, 0.1) is 5.41 Å². The highest BCUT2D eigenvalue weighted by Gasteiger charge is 2.54. The average molecular weight is 395 g/mol. The van der Waals surface area contributed by atoms with E-state index in [1.165, 1.54) is 12.8 Å². The molecule has 2 aromatic heterocycles. The average Bonchev–Trinajstić information content (AvgIpc) is 3.40. The van der Waals surface area contributed by atoms with E-state index in [4.69, 9.17) is 10.5 Å². The Morgan fingerprint density at radius 3 is 2.72 bits per heavy atom. The molecule has 3 aliphatic rings. The fraction of sp³-hybridized carbons (Fsp3) is 0.524. The monoisotopic (exact) mass is 395 g/mol. The SMILES string of the molecule is Cn1nc(C2CC2)cc1C(=O)NC1CC2(C1)CC(Oc1ncccc1C(N)=O)C2. The summed E-state index contributed by atoms with van der Waals surface area (Å²) in [4.78, 5) is 28.2. The van der Waals surface area contributed by atoms with E-state index in [9.17, 15) is 9.59 Å². The molecular formula is C21H25N5O3. The molecule has 0 aromatic carbocycles. The van der Waals surface area contributed by atoms with Gasteiger partial charge in [0.05, 0.1) is 5.69 Å². The second-order valence-electron chi connectivity index (χ2n) is 8.80. The maximum absolute atomic E-state index is 12.6. The second kappa shape index (κ2) is 6.57. The number of aromatic nitrogens is 3. The molecule has 0 bridgehead atoms. The first-order valence-corrected chi connectivity index (χ1v) is 10.2. The molecule has 3 saturated carbocycles. The number of rotatable bonds is 6. The number of carbonyl (C=O) groups is 2. The van der Waals surface area contributed by atoms with Gasteiger partial charge in [-0.2, -0.15) is 5.10 Å². The zero-order valence-electron chi connectivity index (χ0n) is 16.4. The number of nitrogens with one attached hydrogen (secondary N) is 1. The summed E-state index contributed by atoms with van der Waals surface area (Å²) < 4.78 is 7.58. The van der Waals surface area contributed by atoms with E-state index in [1.54, 1.807) is 23.0 Å². The molecule has 2 heterocycles. The highest BCUT2D eigenvalue weighted by molar-refractivity contribution is 5.95. The number of nitrogens with zero attached hydrogens (tertiary/aromatic N) is 3. The smallest absolute Gasteiger partial charge is 0.269 e. The van der Waals surface area contributed by atoms with Gasteiger partial charge in [0.15, 0.2) is 0 Å². The molecule has 5 rings (SSSR count). The highest BCUT2D eigenvalue weighted by Crippen LogP contribution is 2.56. The Morgan fingerprint density at radius 1 is 1.28 bits per heavy atom. The number of aryl methyl sites for hydroxylation is 1. The summed E-state index contributed by atoms with van der Waals surface area (Å²) in [7, 11) is 1.83. The van der Waals surface area contributed by atoms with Gasteiger partial charge >= 0.3 is 0 Å². The highest BCUT2D eigenvalue weighted by atomic mass is 16.5. The Balaban J connectivity index is 1.12. The lowest BCUT2D eigenvalue weighted by Crippen LogP contribution is -2.58. The van der Waals surface area contributed by atoms with Gasteiger partial charge in [-0.15, -0.1) is 0 Å². The van der Waals surface area contributed by atoms with Crippen molar-refractivity contribution in [3.8, 4) is 5.88 Å². The second-order valence-corrected chi connectivity index (χ2v) is 8.80. The Hall–Kier alpha value is -2.90. The van der Waals surface area contributed by atoms with Crippen molar-refractivity contribution < 1.29 is 14.3 Å². The van der Waals surface area contributed by atoms with E-state index in [2.05, 4.69) is 15.4 Å². The number of amides is 2. The molecule has 0 aliphatic heterocycles. The molecule has 8 heteroatoms. The third-order valence-electron chi connectivity index (χ3n) is 6.46. The summed E-state index contributed by atoms with van der Waals surface area (Å²) in [6.45, 7) is 0. The quantitative estimate of drug-likeness (QED) is 0.776. The van der Waals surface area contributed by atoms with Crippen molar-refractivity contribution in [2.24, 2.45) is 18.2 Å². The molecule has 3 aliphatic carbocycles. The Morgan fingerprint density at radius 2 is 2.03 bits per heavy atom. The Kier molecular flexibility index (Phi) is 4.11. The molecule has 0 unspecified atom stereocenters. The van der Waals surface area contributed by atoms with Crippen LogP contribution in [0.2, 0.25) is 0 Å². The number of ether oxygens (including phenoxy) is 1. The lowest BCUT2D eigenvalue weighted by molar-refractivity contribution is -0.0848. The van der Waals surface area contributed by atoms with Crippen LogP contribution in [0.15, 0.2) is 24.4 Å². The standard InChI is InChI=1S/C21H25N5O3/c1-26-17(7-16(25-26)12-4-5-12)19(28)24-13-8-21(9-13)10-14(11-21)29-20-15(18(22)27)3-2-6-23-20/h2-3,6-7,12-14H,4-5,8-11H2,1H3,(H2,22,27)(H,24,28). The largest absolute Gasteiger partial charge is 0.474 e. The van der Waals surface area contributed by atoms with Crippen molar-refractivity contribution in [2.45, 2.75) is 56.6 Å². The summed E-state index contributed by atoms with van der Waals surface area (Å²) in [5.41, 5.74) is 7.60. The first kappa shape index (κ1) is 18.1. The van der Waals surface area contributed by atoms with Crippen LogP contribution in [0.3, 0.4) is 0 Å². The van der Waals surface area contributed by atoms with Crippen LogP contribution in [0.5, 0.6) is 5.88 Å². The van der Waals surface area contributed by atoms with Crippen molar-refractivity contribution in [2.75, 3.05) is 0 Å². The van der Waals surface area contributed by atoms with Crippen molar-refractivity contribution in [3.63, 3.8) is 0 Å². The Bertz CT molecular complexity index is 966. The fourth-order valence-electron chi connectivity index (χ4n) is 4.78. The van der Waals surface area contributed by atoms with Gasteiger partial charge in [0.2, 0.25) is 5.88 Å². The molecule has 8 nitrogen and oxygen atoms in total. The van der Waals surface area contributed by atoms with Gasteiger partial charge in [-0.25, -0.2) is 4.98 Å². The zero-order chi connectivity index (χ0) is 20.2. The van der Waals surface area contributed by atoms with Crippen molar-refractivity contribution in [1.82, 2.24) is 20.1 Å². The number of pyridine rings is 1. The van der Waals surface area contributed by atoms with Gasteiger partial charge in [0.1, 0.15) is 17.4 Å². The number of nitrogens with two attached hydrogens (primary N) is 1. The summed E-state index contributed by atoms with van der Waals surface area (Å²) in [5.74, 6) is 0.273. The van der Waals surface area contributed by atoms with Gasteiger partial charge in [-0.3, -0.25) is 14.3 Å². The number of carbonyl (C=O) groups excluding carboxylic acids is 2. The molecule has 29 heavy (non-hydrogen) atoms. The zero-order valence-corrected chi connectivity index (χ0v) is 16.4. The van der Waals surface area contributed by atoms with Crippen molar-refractivity contribution in [3.05, 3.63) is 41.3 Å². The van der Waals surface area contributed by atoms with Gasteiger partial charge in [-0.05, 0) is 62.1 Å². The predicted octanol–water partition coefficient (Wildman–Crippen LogP) is 1.91. The summed E-state index contributed by atoms with van der Waals surface area (Å²) >= 11 is 0. The first-order chi connectivity index (χ1) is 13.9. The van der Waals surface area contributed by atoms with Gasteiger partial charge in [0.25, 0.3) is 11.8 Å². The van der Waals surface area contributed by atoms with Crippen LogP contribution in [-0.4, -0.2) is 38.7 Å². The van der Waals surface area contributed by atoms with Crippen molar-refractivity contribution in [1.29, 1.82) is 0 Å². The summed E-state index contributed by atoms with van der Waals surface area (Å²) in [6.07, 6.45) is 7.71. The molecule has 3 N–H and O–H groups in total. The van der Waals surface area contributed by atoms with Crippen LogP contribution in [-0.2, 0) is 7.05 Å². The van der Waals surface area contributed by atoms with Gasteiger partial charge in [0, 0.05) is 25.2 Å². The molecular weight excluding hydrogens is 370 g/mol. The molecule has 2 aromatic rings. The van der Waals surface area contributed by atoms with E-state index in [1.807, 2.05) is 13.1 Å². The third kappa shape index (κ3) is 3.36. The summed E-state index contributed by atoms with van der Waals surface area (Å²) in [5, 5.41) is 7.61. The minimum Gasteiger partial charge on any atom is -0.474 e. The van der Waals surface area contributed by atoms with Crippen molar-refractivity contribution >= 4 is 11.8 Å².